The summed E-state index contributed by atoms with van der Waals surface area (Å²) in [6, 6.07) is 12.3. The molecule has 0 saturated carbocycles. The lowest BCUT2D eigenvalue weighted by atomic mass is 10.1. The summed E-state index contributed by atoms with van der Waals surface area (Å²) in [5.41, 5.74) is 10.3. The Kier molecular flexibility index (Phi) is 3.68. The highest BCUT2D eigenvalue weighted by Gasteiger charge is 2.06. The minimum Gasteiger partial charge on any atom is -0.457 e. The van der Waals surface area contributed by atoms with Crippen LogP contribution in [0.25, 0.3) is 0 Å². The SMILES string of the molecule is Cc1ccc(Oc2cc(C)ccc2CN)c(C)c1. The molecule has 2 heteroatoms. The zero-order valence-electron chi connectivity index (χ0n) is 11.2. The maximum absolute atomic E-state index is 5.99. The molecule has 0 amide bonds. The molecule has 0 spiro atoms. The third-order valence-corrected chi connectivity index (χ3v) is 2.99. The first kappa shape index (κ1) is 12.7. The highest BCUT2D eigenvalue weighted by molar-refractivity contribution is 5.43. The summed E-state index contributed by atoms with van der Waals surface area (Å²) in [6.07, 6.45) is 0. The molecular weight excluding hydrogens is 222 g/mol. The lowest BCUT2D eigenvalue weighted by Gasteiger charge is -2.13. The van der Waals surface area contributed by atoms with Crippen molar-refractivity contribution in [1.82, 2.24) is 0 Å². The lowest BCUT2D eigenvalue weighted by Crippen LogP contribution is -2.00. The first-order valence-corrected chi connectivity index (χ1v) is 6.15. The molecule has 0 aliphatic heterocycles. The molecule has 0 aromatic heterocycles. The van der Waals surface area contributed by atoms with E-state index in [9.17, 15) is 0 Å². The zero-order valence-corrected chi connectivity index (χ0v) is 11.2. The van der Waals surface area contributed by atoms with Gasteiger partial charge in [0.2, 0.25) is 0 Å². The Morgan fingerprint density at radius 2 is 1.56 bits per heavy atom. The van der Waals surface area contributed by atoms with E-state index in [-0.39, 0.29) is 0 Å². The third kappa shape index (κ3) is 2.71. The summed E-state index contributed by atoms with van der Waals surface area (Å²) in [5, 5.41) is 0. The van der Waals surface area contributed by atoms with Crippen molar-refractivity contribution in [3.05, 3.63) is 58.7 Å². The van der Waals surface area contributed by atoms with E-state index in [1.165, 1.54) is 11.1 Å². The first-order chi connectivity index (χ1) is 8.60. The Morgan fingerprint density at radius 3 is 2.22 bits per heavy atom. The second kappa shape index (κ2) is 5.23. The summed E-state index contributed by atoms with van der Waals surface area (Å²) in [4.78, 5) is 0. The highest BCUT2D eigenvalue weighted by Crippen LogP contribution is 2.29. The highest BCUT2D eigenvalue weighted by atomic mass is 16.5. The number of hydrogen-bond donors (Lipinski definition) is 1. The Hall–Kier alpha value is -1.80. The van der Waals surface area contributed by atoms with Gasteiger partial charge in [-0.3, -0.25) is 0 Å². The van der Waals surface area contributed by atoms with Gasteiger partial charge in [0.05, 0.1) is 0 Å². The number of rotatable bonds is 3. The van der Waals surface area contributed by atoms with E-state index in [0.29, 0.717) is 6.54 Å². The van der Waals surface area contributed by atoms with Crippen LogP contribution < -0.4 is 10.5 Å². The molecule has 2 aromatic rings. The number of nitrogens with two attached hydrogens (primary N) is 1. The van der Waals surface area contributed by atoms with Crippen LogP contribution in [-0.2, 0) is 6.54 Å². The Balaban J connectivity index is 2.36. The fraction of sp³-hybridized carbons (Fsp3) is 0.250. The molecule has 0 unspecified atom stereocenters. The largest absolute Gasteiger partial charge is 0.457 e. The van der Waals surface area contributed by atoms with Gasteiger partial charge in [0.15, 0.2) is 0 Å². The van der Waals surface area contributed by atoms with Gasteiger partial charge in [-0.15, -0.1) is 0 Å². The molecular formula is C16H19NO. The summed E-state index contributed by atoms with van der Waals surface area (Å²) in [7, 11) is 0. The molecule has 0 fully saturated rings. The molecule has 0 aliphatic rings. The Bertz CT molecular complexity index is 561. The minimum absolute atomic E-state index is 0.487. The van der Waals surface area contributed by atoms with E-state index >= 15 is 0 Å². The van der Waals surface area contributed by atoms with Gasteiger partial charge in [0.1, 0.15) is 11.5 Å². The van der Waals surface area contributed by atoms with Crippen molar-refractivity contribution in [2.75, 3.05) is 0 Å². The number of benzene rings is 2. The van der Waals surface area contributed by atoms with Gasteiger partial charge in [-0.2, -0.15) is 0 Å². The van der Waals surface area contributed by atoms with Gasteiger partial charge in [0.25, 0.3) is 0 Å². The quantitative estimate of drug-likeness (QED) is 0.885. The number of hydrogen-bond acceptors (Lipinski definition) is 2. The van der Waals surface area contributed by atoms with Gasteiger partial charge < -0.3 is 10.5 Å². The van der Waals surface area contributed by atoms with Crippen molar-refractivity contribution in [3.63, 3.8) is 0 Å². The maximum atomic E-state index is 5.99. The van der Waals surface area contributed by atoms with Crippen molar-refractivity contribution < 1.29 is 4.74 Å². The monoisotopic (exact) mass is 241 g/mol. The van der Waals surface area contributed by atoms with Crippen LogP contribution in [0.4, 0.5) is 0 Å². The van der Waals surface area contributed by atoms with Gasteiger partial charge in [-0.25, -0.2) is 0 Å². The van der Waals surface area contributed by atoms with Gasteiger partial charge >= 0.3 is 0 Å². The van der Waals surface area contributed by atoms with Crippen molar-refractivity contribution in [1.29, 1.82) is 0 Å². The van der Waals surface area contributed by atoms with Crippen LogP contribution >= 0.6 is 0 Å². The lowest BCUT2D eigenvalue weighted by molar-refractivity contribution is 0.472. The van der Waals surface area contributed by atoms with Crippen LogP contribution in [0.1, 0.15) is 22.3 Å². The molecule has 2 nitrogen and oxygen atoms in total. The zero-order chi connectivity index (χ0) is 13.1. The predicted molar refractivity (Wildman–Crippen MR) is 75.1 cm³/mol. The maximum Gasteiger partial charge on any atom is 0.132 e. The normalized spacial score (nSPS) is 10.4. The molecule has 2 aromatic carbocycles. The molecule has 0 bridgehead atoms. The fourth-order valence-corrected chi connectivity index (χ4v) is 1.96. The van der Waals surface area contributed by atoms with E-state index in [1.807, 2.05) is 18.2 Å². The molecule has 94 valence electrons. The minimum atomic E-state index is 0.487. The predicted octanol–water partition coefficient (Wildman–Crippen LogP) is 3.86. The van der Waals surface area contributed by atoms with Crippen molar-refractivity contribution in [3.8, 4) is 11.5 Å². The number of aryl methyl sites for hydroxylation is 3. The van der Waals surface area contributed by atoms with Gasteiger partial charge in [-0.05, 0) is 44.0 Å². The van der Waals surface area contributed by atoms with Gasteiger partial charge in [-0.1, -0.05) is 29.8 Å². The summed E-state index contributed by atoms with van der Waals surface area (Å²) in [6.45, 7) is 6.67. The first-order valence-electron chi connectivity index (χ1n) is 6.15. The van der Waals surface area contributed by atoms with Crippen LogP contribution in [0.2, 0.25) is 0 Å². The van der Waals surface area contributed by atoms with E-state index in [0.717, 1.165) is 22.6 Å². The molecule has 0 atom stereocenters. The van der Waals surface area contributed by atoms with Crippen LogP contribution in [0.3, 0.4) is 0 Å². The topological polar surface area (TPSA) is 35.2 Å². The van der Waals surface area contributed by atoms with Gasteiger partial charge in [0, 0.05) is 12.1 Å². The second-order valence-electron chi connectivity index (χ2n) is 4.69. The van der Waals surface area contributed by atoms with Crippen LogP contribution in [0.15, 0.2) is 36.4 Å². The summed E-state index contributed by atoms with van der Waals surface area (Å²) in [5.74, 6) is 1.74. The van der Waals surface area contributed by atoms with Crippen molar-refractivity contribution in [2.24, 2.45) is 5.73 Å². The average molecular weight is 241 g/mol. The molecule has 0 heterocycles. The van der Waals surface area contributed by atoms with E-state index in [2.05, 4.69) is 39.0 Å². The Labute approximate surface area is 108 Å². The third-order valence-electron chi connectivity index (χ3n) is 2.99. The van der Waals surface area contributed by atoms with Crippen molar-refractivity contribution >= 4 is 0 Å². The Morgan fingerprint density at radius 1 is 0.889 bits per heavy atom. The fourth-order valence-electron chi connectivity index (χ4n) is 1.96. The second-order valence-corrected chi connectivity index (χ2v) is 4.69. The summed E-state index contributed by atoms with van der Waals surface area (Å²) < 4.78 is 5.99. The molecule has 2 rings (SSSR count). The van der Waals surface area contributed by atoms with E-state index in [1.54, 1.807) is 0 Å². The molecule has 0 saturated heterocycles. The van der Waals surface area contributed by atoms with Crippen LogP contribution in [0.5, 0.6) is 11.5 Å². The molecule has 18 heavy (non-hydrogen) atoms. The molecule has 0 radical (unpaired) electrons. The molecule has 2 N–H and O–H groups in total. The van der Waals surface area contributed by atoms with E-state index in [4.69, 9.17) is 10.5 Å². The van der Waals surface area contributed by atoms with Crippen LogP contribution in [0, 0.1) is 20.8 Å². The van der Waals surface area contributed by atoms with Crippen LogP contribution in [-0.4, -0.2) is 0 Å². The van der Waals surface area contributed by atoms with Crippen molar-refractivity contribution in [2.45, 2.75) is 27.3 Å². The number of ether oxygens (including phenoxy) is 1. The standard InChI is InChI=1S/C16H19NO/c1-11-5-7-15(13(3)8-11)18-16-9-12(2)4-6-14(16)10-17/h4-9H,10,17H2,1-3H3. The van der Waals surface area contributed by atoms with E-state index < -0.39 is 0 Å². The summed E-state index contributed by atoms with van der Waals surface area (Å²) >= 11 is 0. The average Bonchev–Trinajstić information content (AvgIpc) is 2.33. The molecule has 0 aliphatic carbocycles. The smallest absolute Gasteiger partial charge is 0.132 e.